The van der Waals surface area contributed by atoms with Crippen LogP contribution in [-0.2, 0) is 31.5 Å². The first kappa shape index (κ1) is 23.6. The van der Waals surface area contributed by atoms with Gasteiger partial charge in [0.25, 0.3) is 5.91 Å². The number of ether oxygens (including phenoxy) is 2. The fraction of sp³-hybridized carbons (Fsp3) is 0.778. The largest absolute Gasteiger partial charge is 0.455 e. The second-order valence-corrected chi connectivity index (χ2v) is 7.55. The maximum Gasteiger partial charge on any atom is 0.355 e. The lowest BCUT2D eigenvalue weighted by Gasteiger charge is -2.27. The maximum atomic E-state index is 12.5. The Morgan fingerprint density at radius 2 is 2.04 bits per heavy atom. The molecule has 1 aliphatic rings. The first-order chi connectivity index (χ1) is 12.8. The zero-order valence-electron chi connectivity index (χ0n) is 16.4. The molecule has 1 fully saturated rings. The summed E-state index contributed by atoms with van der Waals surface area (Å²) in [7, 11) is 0. The van der Waals surface area contributed by atoms with E-state index in [0.29, 0.717) is 39.0 Å². The highest BCUT2D eigenvalue weighted by atomic mass is 32.1. The molecule has 0 aliphatic carbocycles. The van der Waals surface area contributed by atoms with Crippen molar-refractivity contribution in [2.45, 2.75) is 51.7 Å². The van der Waals surface area contributed by atoms with Crippen molar-refractivity contribution in [3.8, 4) is 0 Å². The minimum Gasteiger partial charge on any atom is -0.455 e. The highest BCUT2D eigenvalue weighted by molar-refractivity contribution is 7.47. The highest BCUT2D eigenvalue weighted by Gasteiger charge is 2.25. The number of carbonyl (C=O) groups excluding carboxylic acids is 2. The first-order valence-electron chi connectivity index (χ1n) is 9.24. The Balaban J connectivity index is 2.68. The van der Waals surface area contributed by atoms with E-state index in [4.69, 9.17) is 27.0 Å². The quantitative estimate of drug-likeness (QED) is 0.319. The van der Waals surface area contributed by atoms with Crippen LogP contribution in [0.3, 0.4) is 0 Å². The molecule has 1 heterocycles. The summed E-state index contributed by atoms with van der Waals surface area (Å²) in [5.74, 6) is -1.05. The Bertz CT molecular complexity index is 528. The summed E-state index contributed by atoms with van der Waals surface area (Å²) >= 11 is 4.78. The van der Waals surface area contributed by atoms with E-state index in [0.717, 1.165) is 13.1 Å². The molecule has 1 atom stereocenters. The zero-order valence-corrected chi connectivity index (χ0v) is 17.2. The van der Waals surface area contributed by atoms with Gasteiger partial charge in [-0.25, -0.2) is 9.16 Å². The molecule has 0 spiro atoms. The average Bonchev–Trinajstić information content (AvgIpc) is 2.61. The van der Waals surface area contributed by atoms with E-state index in [1.165, 1.54) is 0 Å². The van der Waals surface area contributed by atoms with Crippen molar-refractivity contribution >= 4 is 24.3 Å². The summed E-state index contributed by atoms with van der Waals surface area (Å²) in [5.41, 5.74) is -0.630. The summed E-state index contributed by atoms with van der Waals surface area (Å²) in [4.78, 5) is 27.1. The van der Waals surface area contributed by atoms with Gasteiger partial charge in [-0.1, -0.05) is 6.08 Å². The smallest absolute Gasteiger partial charge is 0.355 e. The third-order valence-corrected chi connectivity index (χ3v) is 4.09. The summed E-state index contributed by atoms with van der Waals surface area (Å²) in [6, 6.07) is -0.730. The van der Waals surface area contributed by atoms with Crippen molar-refractivity contribution in [1.29, 1.82) is 0 Å². The summed E-state index contributed by atoms with van der Waals surface area (Å²) in [5, 5.41) is 11.5. The van der Waals surface area contributed by atoms with Gasteiger partial charge in [-0.15, -0.1) is 0 Å². The molecule has 0 aromatic heterocycles. The molecule has 1 aliphatic heterocycles. The van der Waals surface area contributed by atoms with Crippen LogP contribution in [0.1, 0.15) is 40.0 Å². The molecule has 1 rings (SSSR count). The third kappa shape index (κ3) is 9.90. The number of hydrogen-bond acceptors (Lipinski definition) is 8. The number of carbonyl (C=O) groups is 2. The van der Waals surface area contributed by atoms with E-state index in [1.807, 2.05) is 0 Å². The highest BCUT2D eigenvalue weighted by Crippen LogP contribution is 2.12. The molecule has 1 amide bonds. The third-order valence-electron chi connectivity index (χ3n) is 3.84. The number of aliphatic hydroxyl groups excluding tert-OH is 1. The Morgan fingerprint density at radius 3 is 2.59 bits per heavy atom. The second-order valence-electron chi connectivity index (χ2n) is 7.34. The van der Waals surface area contributed by atoms with Gasteiger partial charge < -0.3 is 19.9 Å². The van der Waals surface area contributed by atoms with Crippen LogP contribution >= 0.6 is 0 Å². The first-order valence-corrected chi connectivity index (χ1v) is 9.61. The Labute approximate surface area is 166 Å². The molecule has 1 saturated heterocycles. The number of unbranched alkanes of at least 4 members (excludes halogenated alkanes) is 1. The molecule has 0 bridgehead atoms. The van der Waals surface area contributed by atoms with E-state index in [9.17, 15) is 9.59 Å². The fourth-order valence-corrected chi connectivity index (χ4v) is 2.63. The predicted octanol–water partition coefficient (Wildman–Crippen LogP) is 0.922. The number of allylic oxidation sites excluding steroid dienone is 1. The van der Waals surface area contributed by atoms with Crippen molar-refractivity contribution < 1.29 is 24.2 Å². The zero-order chi connectivity index (χ0) is 20.3. The van der Waals surface area contributed by atoms with Gasteiger partial charge in [-0.05, 0) is 40.0 Å². The van der Waals surface area contributed by atoms with Crippen LogP contribution in [0.2, 0.25) is 0 Å². The van der Waals surface area contributed by atoms with Crippen molar-refractivity contribution in [3.05, 3.63) is 11.8 Å². The van der Waals surface area contributed by atoms with Crippen LogP contribution in [0.4, 0.5) is 0 Å². The predicted molar refractivity (Wildman–Crippen MR) is 104 cm³/mol. The molecule has 0 radical (unpaired) electrons. The molecular formula is C18H31N3O5S. The topological polar surface area (TPSA) is 100 Å². The Morgan fingerprint density at radius 1 is 1.37 bits per heavy atom. The summed E-state index contributed by atoms with van der Waals surface area (Å²) < 4.78 is 14.4. The lowest BCUT2D eigenvalue weighted by Crippen LogP contribution is -2.41. The number of amides is 1. The van der Waals surface area contributed by atoms with Gasteiger partial charge in [-0.2, -0.15) is 0 Å². The summed E-state index contributed by atoms with van der Waals surface area (Å²) in [6.45, 7) is 8.92. The molecule has 0 unspecified atom stereocenters. The normalized spacial score (nSPS) is 17.3. The molecule has 2 N–H and O–H groups in total. The molecule has 27 heavy (non-hydrogen) atoms. The van der Waals surface area contributed by atoms with Crippen LogP contribution in [0.5, 0.6) is 0 Å². The lowest BCUT2D eigenvalue weighted by molar-refractivity contribution is -0.151. The summed E-state index contributed by atoms with van der Waals surface area (Å²) in [6.07, 6.45) is 2.95. The second kappa shape index (κ2) is 12.1. The van der Waals surface area contributed by atoms with Gasteiger partial charge in [0.05, 0.1) is 13.2 Å². The number of hydrogen-bond donors (Lipinski definition) is 2. The Kier molecular flexibility index (Phi) is 10.6. The van der Waals surface area contributed by atoms with Gasteiger partial charge >= 0.3 is 5.97 Å². The van der Waals surface area contributed by atoms with Gasteiger partial charge in [0.15, 0.2) is 0 Å². The number of nitrogens with one attached hydrogen (secondary N) is 1. The molecule has 0 aromatic rings. The SMILES string of the molecule is CC(C)(C)OC(=O)/C(=C/CCCO)NC(=O)[C@H](CCN1CCOCC1)N=S. The monoisotopic (exact) mass is 401 g/mol. The minimum atomic E-state index is -0.730. The van der Waals surface area contributed by atoms with E-state index >= 15 is 0 Å². The van der Waals surface area contributed by atoms with Crippen LogP contribution in [0.15, 0.2) is 16.1 Å². The standard InChI is InChI=1S/C18H31N3O5S/c1-18(2,3)26-17(24)15(6-4-5-11-22)19-16(23)14(20-27)7-8-21-9-12-25-13-10-21/h6,14,22H,4-5,7-13H2,1-3H3,(H,19,23)/b15-6-/t14-/m0/s1. The molecule has 9 heteroatoms. The lowest BCUT2D eigenvalue weighted by atomic mass is 10.1. The average molecular weight is 402 g/mol. The van der Waals surface area contributed by atoms with Crippen LogP contribution < -0.4 is 5.32 Å². The number of aliphatic hydroxyl groups is 1. The van der Waals surface area contributed by atoms with E-state index in [1.54, 1.807) is 26.8 Å². The van der Waals surface area contributed by atoms with Crippen molar-refractivity contribution in [2.24, 2.45) is 4.36 Å². The van der Waals surface area contributed by atoms with Crippen molar-refractivity contribution in [1.82, 2.24) is 10.2 Å². The Hall–Kier alpha value is -1.42. The van der Waals surface area contributed by atoms with Gasteiger partial charge in [0, 0.05) is 38.7 Å². The van der Waals surface area contributed by atoms with E-state index in [2.05, 4.69) is 14.6 Å². The van der Waals surface area contributed by atoms with Gasteiger partial charge in [-0.3, -0.25) is 9.69 Å². The molecule has 0 aromatic carbocycles. The maximum absolute atomic E-state index is 12.5. The number of morpholine rings is 1. The van der Waals surface area contributed by atoms with Gasteiger partial charge in [0.1, 0.15) is 17.3 Å². The number of esters is 1. The minimum absolute atomic E-state index is 0.00425. The molecule has 0 saturated carbocycles. The van der Waals surface area contributed by atoms with Crippen LogP contribution in [0, 0.1) is 0 Å². The number of nitrogens with zero attached hydrogens (tertiary/aromatic N) is 2. The van der Waals surface area contributed by atoms with E-state index < -0.39 is 23.5 Å². The van der Waals surface area contributed by atoms with E-state index in [-0.39, 0.29) is 12.3 Å². The molecule has 8 nitrogen and oxygen atoms in total. The molecular weight excluding hydrogens is 370 g/mol. The number of rotatable bonds is 10. The van der Waals surface area contributed by atoms with Crippen molar-refractivity contribution in [3.63, 3.8) is 0 Å². The molecule has 154 valence electrons. The fourth-order valence-electron chi connectivity index (χ4n) is 2.43. The van der Waals surface area contributed by atoms with Gasteiger partial charge in [0.2, 0.25) is 0 Å². The van der Waals surface area contributed by atoms with Crippen LogP contribution in [-0.4, -0.2) is 73.0 Å². The van der Waals surface area contributed by atoms with Crippen molar-refractivity contribution in [2.75, 3.05) is 39.5 Å². The van der Waals surface area contributed by atoms with Crippen LogP contribution in [0.25, 0.3) is 0 Å².